The van der Waals surface area contributed by atoms with Gasteiger partial charge in [-0.2, -0.15) is 10.1 Å². The second-order valence-corrected chi connectivity index (χ2v) is 2.57. The maximum absolute atomic E-state index is 5.65. The van der Waals surface area contributed by atoms with E-state index in [0.29, 0.717) is 16.9 Å². The summed E-state index contributed by atoms with van der Waals surface area (Å²) in [5.41, 5.74) is 0. The summed E-state index contributed by atoms with van der Waals surface area (Å²) in [4.78, 5) is 11.5. The van der Waals surface area contributed by atoms with Crippen molar-refractivity contribution < 1.29 is 0 Å². The maximum Gasteiger partial charge on any atom is 0.224 e. The number of H-pyrrole nitrogens is 1. The van der Waals surface area contributed by atoms with Crippen LogP contribution in [0.25, 0.3) is 0 Å². The zero-order valence-electron chi connectivity index (χ0n) is 6.40. The molecule has 0 saturated carbocycles. The highest BCUT2D eigenvalue weighted by atomic mass is 35.5. The topological polar surface area (TPSA) is 79.4 Å². The normalized spacial score (nSPS) is 9.92. The van der Waals surface area contributed by atoms with Gasteiger partial charge in [0.25, 0.3) is 0 Å². The van der Waals surface area contributed by atoms with Gasteiger partial charge in [0.15, 0.2) is 0 Å². The summed E-state index contributed by atoms with van der Waals surface area (Å²) in [6.45, 7) is 0. The molecule has 0 aliphatic carbocycles. The predicted octanol–water partition coefficient (Wildman–Crippen LogP) is 0.992. The van der Waals surface area contributed by atoms with E-state index in [1.165, 1.54) is 12.7 Å². The Balaban J connectivity index is 2.19. The third-order valence-electron chi connectivity index (χ3n) is 1.30. The standard InChI is InChI=1S/C6H5ClN6/c7-4-1-5(9-2-8-4)12-6-10-3-11-13-6/h1-3H,(H2,8,9,10,11,12,13). The number of halogens is 1. The maximum atomic E-state index is 5.65. The summed E-state index contributed by atoms with van der Waals surface area (Å²) in [5.74, 6) is 1.08. The molecular weight excluding hydrogens is 192 g/mol. The van der Waals surface area contributed by atoms with E-state index >= 15 is 0 Å². The van der Waals surface area contributed by atoms with E-state index in [1.807, 2.05) is 0 Å². The molecule has 2 N–H and O–H groups in total. The van der Waals surface area contributed by atoms with Gasteiger partial charge >= 0.3 is 0 Å². The Morgan fingerprint density at radius 2 is 2.15 bits per heavy atom. The molecule has 7 heteroatoms. The van der Waals surface area contributed by atoms with Gasteiger partial charge in [-0.1, -0.05) is 11.6 Å². The second kappa shape index (κ2) is 3.36. The molecule has 13 heavy (non-hydrogen) atoms. The van der Waals surface area contributed by atoms with Crippen molar-refractivity contribution in [3.63, 3.8) is 0 Å². The summed E-state index contributed by atoms with van der Waals surface area (Å²) in [6.07, 6.45) is 2.76. The van der Waals surface area contributed by atoms with Crippen LogP contribution in [-0.2, 0) is 0 Å². The third kappa shape index (κ3) is 1.91. The van der Waals surface area contributed by atoms with Gasteiger partial charge in [0.2, 0.25) is 5.95 Å². The molecule has 0 aliphatic heterocycles. The minimum Gasteiger partial charge on any atom is -0.309 e. The van der Waals surface area contributed by atoms with E-state index in [0.717, 1.165) is 0 Å². The van der Waals surface area contributed by atoms with Crippen LogP contribution in [-0.4, -0.2) is 25.1 Å². The van der Waals surface area contributed by atoms with E-state index in [-0.39, 0.29) is 0 Å². The van der Waals surface area contributed by atoms with Crippen molar-refractivity contribution in [3.05, 3.63) is 23.9 Å². The van der Waals surface area contributed by atoms with Crippen molar-refractivity contribution in [2.75, 3.05) is 5.32 Å². The van der Waals surface area contributed by atoms with Crippen LogP contribution >= 0.6 is 11.6 Å². The Bertz CT molecular complexity index is 386. The van der Waals surface area contributed by atoms with Crippen molar-refractivity contribution in [1.82, 2.24) is 25.1 Å². The molecule has 0 aliphatic rings. The van der Waals surface area contributed by atoms with Crippen LogP contribution < -0.4 is 5.32 Å². The fourth-order valence-corrected chi connectivity index (χ4v) is 0.936. The lowest BCUT2D eigenvalue weighted by molar-refractivity contribution is 1.08. The first-order chi connectivity index (χ1) is 6.34. The molecule has 0 spiro atoms. The van der Waals surface area contributed by atoms with E-state index < -0.39 is 0 Å². The molecule has 2 aromatic heterocycles. The molecule has 66 valence electrons. The second-order valence-electron chi connectivity index (χ2n) is 2.19. The zero-order valence-corrected chi connectivity index (χ0v) is 7.15. The highest BCUT2D eigenvalue weighted by Gasteiger charge is 1.98. The van der Waals surface area contributed by atoms with Gasteiger partial charge < -0.3 is 5.32 Å². The van der Waals surface area contributed by atoms with E-state index in [1.54, 1.807) is 6.07 Å². The quantitative estimate of drug-likeness (QED) is 0.701. The van der Waals surface area contributed by atoms with Crippen LogP contribution in [0.1, 0.15) is 0 Å². The Kier molecular flexibility index (Phi) is 2.05. The van der Waals surface area contributed by atoms with Crippen molar-refractivity contribution in [1.29, 1.82) is 0 Å². The van der Waals surface area contributed by atoms with E-state index in [9.17, 15) is 0 Å². The van der Waals surface area contributed by atoms with Gasteiger partial charge in [-0.15, -0.1) is 0 Å². The van der Waals surface area contributed by atoms with Crippen molar-refractivity contribution in [3.8, 4) is 0 Å². The van der Waals surface area contributed by atoms with Crippen LogP contribution in [0.2, 0.25) is 5.15 Å². The molecule has 2 rings (SSSR count). The Hall–Kier alpha value is -1.69. The van der Waals surface area contributed by atoms with Crippen LogP contribution in [0.5, 0.6) is 0 Å². The predicted molar refractivity (Wildman–Crippen MR) is 46.7 cm³/mol. The Morgan fingerprint density at radius 3 is 2.85 bits per heavy atom. The van der Waals surface area contributed by atoms with Gasteiger partial charge in [0.05, 0.1) is 0 Å². The van der Waals surface area contributed by atoms with Gasteiger partial charge in [-0.3, -0.25) is 0 Å². The summed E-state index contributed by atoms with van der Waals surface area (Å²) in [5, 5.41) is 9.53. The molecule has 0 amide bonds. The van der Waals surface area contributed by atoms with Gasteiger partial charge in [0.1, 0.15) is 23.6 Å². The fraction of sp³-hybridized carbons (Fsp3) is 0. The molecular formula is C6H5ClN6. The van der Waals surface area contributed by atoms with Gasteiger partial charge in [-0.25, -0.2) is 15.1 Å². The van der Waals surface area contributed by atoms with Crippen molar-refractivity contribution in [2.45, 2.75) is 0 Å². The molecule has 6 nitrogen and oxygen atoms in total. The number of hydrogen-bond acceptors (Lipinski definition) is 5. The number of nitrogens with zero attached hydrogens (tertiary/aromatic N) is 4. The van der Waals surface area contributed by atoms with Crippen LogP contribution in [0.4, 0.5) is 11.8 Å². The minimum absolute atomic E-state index is 0.372. The highest BCUT2D eigenvalue weighted by molar-refractivity contribution is 6.29. The minimum atomic E-state index is 0.372. The average Bonchev–Trinajstić information content (AvgIpc) is 2.57. The van der Waals surface area contributed by atoms with Crippen LogP contribution in [0.15, 0.2) is 18.7 Å². The Labute approximate surface area is 78.4 Å². The summed E-state index contributed by atoms with van der Waals surface area (Å²) in [6, 6.07) is 1.59. The number of hydrogen-bond donors (Lipinski definition) is 2. The molecule has 0 bridgehead atoms. The van der Waals surface area contributed by atoms with E-state index in [4.69, 9.17) is 11.6 Å². The lowest BCUT2D eigenvalue weighted by Gasteiger charge is -1.99. The van der Waals surface area contributed by atoms with E-state index in [2.05, 4.69) is 30.5 Å². The molecule has 0 atom stereocenters. The fourth-order valence-electron chi connectivity index (χ4n) is 0.789. The number of nitrogens with one attached hydrogen (secondary N) is 2. The summed E-state index contributed by atoms with van der Waals surface area (Å²) in [7, 11) is 0. The number of aromatic nitrogens is 5. The lowest BCUT2D eigenvalue weighted by Crippen LogP contribution is -1.95. The largest absolute Gasteiger partial charge is 0.309 e. The first kappa shape index (κ1) is 7.93. The molecule has 0 radical (unpaired) electrons. The monoisotopic (exact) mass is 196 g/mol. The molecule has 0 unspecified atom stereocenters. The molecule has 0 saturated heterocycles. The number of aromatic amines is 1. The van der Waals surface area contributed by atoms with Gasteiger partial charge in [0, 0.05) is 6.07 Å². The highest BCUT2D eigenvalue weighted by Crippen LogP contribution is 2.11. The van der Waals surface area contributed by atoms with Crippen LogP contribution in [0.3, 0.4) is 0 Å². The zero-order chi connectivity index (χ0) is 9.10. The number of anilines is 2. The molecule has 0 fully saturated rings. The summed E-state index contributed by atoms with van der Waals surface area (Å²) < 4.78 is 0. The molecule has 0 aromatic carbocycles. The lowest BCUT2D eigenvalue weighted by atomic mass is 10.6. The molecule has 2 aromatic rings. The molecule has 2 heterocycles. The first-order valence-electron chi connectivity index (χ1n) is 3.44. The SMILES string of the molecule is Clc1cc(Nc2ncn[nH]2)ncn1. The van der Waals surface area contributed by atoms with Crippen molar-refractivity contribution >= 4 is 23.4 Å². The Morgan fingerprint density at radius 1 is 1.23 bits per heavy atom. The van der Waals surface area contributed by atoms with Crippen molar-refractivity contribution in [2.24, 2.45) is 0 Å². The smallest absolute Gasteiger partial charge is 0.224 e. The number of rotatable bonds is 2. The third-order valence-corrected chi connectivity index (χ3v) is 1.50. The van der Waals surface area contributed by atoms with Crippen LogP contribution in [0, 0.1) is 0 Å². The first-order valence-corrected chi connectivity index (χ1v) is 3.82. The van der Waals surface area contributed by atoms with Gasteiger partial charge in [-0.05, 0) is 0 Å². The summed E-state index contributed by atoms with van der Waals surface area (Å²) >= 11 is 5.65. The average molecular weight is 197 g/mol.